The van der Waals surface area contributed by atoms with Gasteiger partial charge in [0.05, 0.1) is 6.61 Å². The van der Waals surface area contributed by atoms with E-state index in [1.165, 1.54) is 0 Å². The summed E-state index contributed by atoms with van der Waals surface area (Å²) in [6.45, 7) is 4.63. The van der Waals surface area contributed by atoms with Crippen molar-refractivity contribution in [2.75, 3.05) is 19.9 Å². The van der Waals surface area contributed by atoms with Gasteiger partial charge in [-0.05, 0) is 5.92 Å². The van der Waals surface area contributed by atoms with Crippen LogP contribution in [-0.2, 0) is 4.74 Å². The average Bonchev–Trinajstić information content (AvgIpc) is 1.66. The second-order valence-electron chi connectivity index (χ2n) is 2.16. The van der Waals surface area contributed by atoms with Crippen LogP contribution in [0.2, 0.25) is 0 Å². The Balaban J connectivity index is 2.72. The minimum absolute atomic E-state index is 0.248. The summed E-state index contributed by atoms with van der Waals surface area (Å²) in [5, 5.41) is 0. The normalized spacial score (nSPS) is 10.5. The zero-order chi connectivity index (χ0) is 6.41. The molecule has 0 saturated carbocycles. The van der Waals surface area contributed by atoms with E-state index in [4.69, 9.17) is 4.74 Å². The van der Waals surface area contributed by atoms with Gasteiger partial charge in [-0.3, -0.25) is 0 Å². The van der Waals surface area contributed by atoms with E-state index in [0.29, 0.717) is 12.5 Å². The van der Waals surface area contributed by atoms with Crippen molar-refractivity contribution in [1.29, 1.82) is 0 Å². The smallest absolute Gasteiger partial charge is 0.113 e. The molecule has 0 saturated heterocycles. The Morgan fingerprint density at radius 2 is 2.12 bits per heavy atom. The van der Waals surface area contributed by atoms with Gasteiger partial charge in [0.15, 0.2) is 0 Å². The molecule has 0 heterocycles. The summed E-state index contributed by atoms with van der Waals surface area (Å²) < 4.78 is 16.2. The molecule has 50 valence electrons. The Morgan fingerprint density at radius 1 is 1.50 bits per heavy atom. The highest BCUT2D eigenvalue weighted by molar-refractivity contribution is 4.38. The molecular weight excluding hydrogens is 106 g/mol. The molecule has 2 heteroatoms. The molecule has 0 spiro atoms. The van der Waals surface area contributed by atoms with E-state index in [1.54, 1.807) is 0 Å². The van der Waals surface area contributed by atoms with Crippen LogP contribution in [0.5, 0.6) is 0 Å². The van der Waals surface area contributed by atoms with Crippen molar-refractivity contribution in [2.24, 2.45) is 5.92 Å². The number of halogens is 1. The number of rotatable bonds is 4. The third-order valence-corrected chi connectivity index (χ3v) is 0.673. The topological polar surface area (TPSA) is 9.23 Å². The van der Waals surface area contributed by atoms with Crippen molar-refractivity contribution in [2.45, 2.75) is 13.8 Å². The summed E-state index contributed by atoms with van der Waals surface area (Å²) in [4.78, 5) is 0. The van der Waals surface area contributed by atoms with Gasteiger partial charge in [0.2, 0.25) is 0 Å². The van der Waals surface area contributed by atoms with Crippen LogP contribution in [0.15, 0.2) is 0 Å². The van der Waals surface area contributed by atoms with Gasteiger partial charge in [0.1, 0.15) is 6.67 Å². The fourth-order valence-corrected chi connectivity index (χ4v) is 0.374. The highest BCUT2D eigenvalue weighted by Crippen LogP contribution is 1.91. The molecular formula is C6H13FO. The first-order valence-electron chi connectivity index (χ1n) is 2.91. The average molecular weight is 119 g/mol. The van der Waals surface area contributed by atoms with Crippen molar-refractivity contribution in [3.8, 4) is 0 Å². The van der Waals surface area contributed by atoms with Gasteiger partial charge in [-0.25, -0.2) is 4.39 Å². The molecule has 0 aliphatic rings. The lowest BCUT2D eigenvalue weighted by molar-refractivity contribution is 0.0974. The largest absolute Gasteiger partial charge is 0.378 e. The van der Waals surface area contributed by atoms with E-state index in [0.717, 1.165) is 0 Å². The molecule has 1 nitrogen and oxygen atoms in total. The van der Waals surface area contributed by atoms with Crippen LogP contribution in [0, 0.1) is 5.92 Å². The maximum Gasteiger partial charge on any atom is 0.113 e. The summed E-state index contributed by atoms with van der Waals surface area (Å²) in [7, 11) is 0. The molecule has 0 aromatic heterocycles. The van der Waals surface area contributed by atoms with Crippen molar-refractivity contribution in [3.63, 3.8) is 0 Å². The van der Waals surface area contributed by atoms with E-state index in [9.17, 15) is 4.39 Å². The fourth-order valence-electron chi connectivity index (χ4n) is 0.374. The zero-order valence-electron chi connectivity index (χ0n) is 5.48. The molecule has 0 aromatic carbocycles. The van der Waals surface area contributed by atoms with E-state index in [1.807, 2.05) is 13.8 Å². The predicted molar refractivity (Wildman–Crippen MR) is 31.6 cm³/mol. The first-order valence-corrected chi connectivity index (χ1v) is 2.91. The predicted octanol–water partition coefficient (Wildman–Crippen LogP) is 1.63. The minimum atomic E-state index is -0.368. The third-order valence-electron chi connectivity index (χ3n) is 0.673. The highest BCUT2D eigenvalue weighted by Gasteiger charge is 1.90. The van der Waals surface area contributed by atoms with Crippen molar-refractivity contribution >= 4 is 0 Å². The maximum absolute atomic E-state index is 11.3. The molecule has 0 bridgehead atoms. The van der Waals surface area contributed by atoms with E-state index >= 15 is 0 Å². The van der Waals surface area contributed by atoms with Crippen molar-refractivity contribution in [3.05, 3.63) is 0 Å². The molecule has 0 aliphatic carbocycles. The third kappa shape index (κ3) is 5.89. The fraction of sp³-hybridized carbons (Fsp3) is 1.00. The summed E-state index contributed by atoms with van der Waals surface area (Å²) in [5.41, 5.74) is 0. The Hall–Kier alpha value is -0.110. The Kier molecular flexibility index (Phi) is 4.97. The lowest BCUT2D eigenvalue weighted by Gasteiger charge is -2.02. The van der Waals surface area contributed by atoms with Crippen LogP contribution in [0.3, 0.4) is 0 Å². The molecule has 0 unspecified atom stereocenters. The van der Waals surface area contributed by atoms with E-state index in [-0.39, 0.29) is 13.3 Å². The number of hydrogen-bond acceptors (Lipinski definition) is 1. The Labute approximate surface area is 49.8 Å². The van der Waals surface area contributed by atoms with Crippen LogP contribution in [0.25, 0.3) is 0 Å². The van der Waals surface area contributed by atoms with Gasteiger partial charge >= 0.3 is 0 Å². The van der Waals surface area contributed by atoms with Crippen LogP contribution >= 0.6 is 0 Å². The molecule has 0 amide bonds. The van der Waals surface area contributed by atoms with Gasteiger partial charge in [-0.2, -0.15) is 0 Å². The summed E-state index contributed by atoms with van der Waals surface area (Å²) >= 11 is 0. The Morgan fingerprint density at radius 3 is 2.50 bits per heavy atom. The molecule has 0 N–H and O–H groups in total. The number of alkyl halides is 1. The summed E-state index contributed by atoms with van der Waals surface area (Å²) in [5.74, 6) is 0.515. The minimum Gasteiger partial charge on any atom is -0.378 e. The summed E-state index contributed by atoms with van der Waals surface area (Å²) in [6.07, 6.45) is 0. The molecule has 0 aromatic rings. The standard InChI is InChI=1S/C6H13FO/c1-6(2)5-8-4-3-7/h6H,3-5H2,1-2H3/i7-1. The number of hydrogen-bond donors (Lipinski definition) is 0. The van der Waals surface area contributed by atoms with Crippen LogP contribution < -0.4 is 0 Å². The monoisotopic (exact) mass is 119 g/mol. The number of ether oxygens (including phenoxy) is 1. The van der Waals surface area contributed by atoms with Gasteiger partial charge in [-0.1, -0.05) is 13.8 Å². The SMILES string of the molecule is CC(C)COCC[18F]. The quantitative estimate of drug-likeness (QED) is 0.511. The maximum atomic E-state index is 11.3. The molecule has 0 fully saturated rings. The van der Waals surface area contributed by atoms with Crippen LogP contribution in [0.1, 0.15) is 13.8 Å². The highest BCUT2D eigenvalue weighted by atomic mass is 18.2. The van der Waals surface area contributed by atoms with Crippen LogP contribution in [-0.4, -0.2) is 19.9 Å². The second kappa shape index (κ2) is 5.04. The second-order valence-corrected chi connectivity index (χ2v) is 2.16. The van der Waals surface area contributed by atoms with Crippen molar-refractivity contribution in [1.82, 2.24) is 0 Å². The van der Waals surface area contributed by atoms with Crippen molar-refractivity contribution < 1.29 is 9.13 Å². The first-order chi connectivity index (χ1) is 3.77. The van der Waals surface area contributed by atoms with Gasteiger partial charge in [0, 0.05) is 6.61 Å². The van der Waals surface area contributed by atoms with E-state index in [2.05, 4.69) is 0 Å². The molecule has 0 aliphatic heterocycles. The van der Waals surface area contributed by atoms with Crippen LogP contribution in [0.4, 0.5) is 4.39 Å². The van der Waals surface area contributed by atoms with E-state index < -0.39 is 0 Å². The molecule has 8 heavy (non-hydrogen) atoms. The van der Waals surface area contributed by atoms with Gasteiger partial charge in [-0.15, -0.1) is 0 Å². The zero-order valence-corrected chi connectivity index (χ0v) is 5.48. The summed E-state index contributed by atoms with van der Waals surface area (Å²) in [6, 6.07) is 0. The molecule has 0 radical (unpaired) electrons. The van der Waals surface area contributed by atoms with Gasteiger partial charge < -0.3 is 4.74 Å². The first kappa shape index (κ1) is 7.89. The van der Waals surface area contributed by atoms with Gasteiger partial charge in [0.25, 0.3) is 0 Å². The molecule has 0 rings (SSSR count). The lowest BCUT2D eigenvalue weighted by Crippen LogP contribution is -2.03. The lowest BCUT2D eigenvalue weighted by atomic mass is 10.2. The Bertz CT molecular complexity index is 45.8. The molecule has 0 atom stereocenters.